The van der Waals surface area contributed by atoms with Gasteiger partial charge in [-0.15, -0.1) is 11.6 Å². The van der Waals surface area contributed by atoms with Gasteiger partial charge in [-0.3, -0.25) is 0 Å². The Morgan fingerprint density at radius 2 is 1.61 bits per heavy atom. The van der Waals surface area contributed by atoms with Crippen LogP contribution in [0.4, 0.5) is 8.78 Å². The third kappa shape index (κ3) is 2.39. The molecule has 0 fully saturated rings. The molecule has 0 spiro atoms. The van der Waals surface area contributed by atoms with Crippen molar-refractivity contribution in [1.29, 1.82) is 0 Å². The van der Waals surface area contributed by atoms with E-state index in [4.69, 9.17) is 11.6 Å². The molecular weight excluding hydrogens is 254 g/mol. The number of benzene rings is 2. The maximum atomic E-state index is 13.7. The van der Waals surface area contributed by atoms with Gasteiger partial charge in [0.25, 0.3) is 0 Å². The van der Waals surface area contributed by atoms with Crippen LogP contribution in [0.3, 0.4) is 0 Å². The molecule has 0 N–H and O–H groups in total. The van der Waals surface area contributed by atoms with Crippen LogP contribution in [-0.4, -0.2) is 0 Å². The molecule has 18 heavy (non-hydrogen) atoms. The highest BCUT2D eigenvalue weighted by molar-refractivity contribution is 6.22. The monoisotopic (exact) mass is 266 g/mol. The van der Waals surface area contributed by atoms with Crippen molar-refractivity contribution >= 4 is 11.6 Å². The van der Waals surface area contributed by atoms with Crippen LogP contribution in [0.1, 0.15) is 27.6 Å². The fourth-order valence-electron chi connectivity index (χ4n) is 2.02. The molecule has 0 saturated heterocycles. The highest BCUT2D eigenvalue weighted by atomic mass is 35.5. The van der Waals surface area contributed by atoms with Gasteiger partial charge in [0.15, 0.2) is 0 Å². The summed E-state index contributed by atoms with van der Waals surface area (Å²) in [6, 6.07) is 9.42. The van der Waals surface area contributed by atoms with Gasteiger partial charge < -0.3 is 0 Å². The number of hydrogen-bond acceptors (Lipinski definition) is 0. The fraction of sp³-hybridized carbons (Fsp3) is 0.200. The van der Waals surface area contributed by atoms with Gasteiger partial charge in [-0.05, 0) is 37.1 Å². The average Bonchev–Trinajstić information content (AvgIpc) is 2.28. The third-order valence-corrected chi connectivity index (χ3v) is 3.40. The molecule has 0 aliphatic heterocycles. The normalized spacial score (nSPS) is 12.5. The van der Waals surface area contributed by atoms with Crippen LogP contribution in [0.25, 0.3) is 0 Å². The smallest absolute Gasteiger partial charge is 0.131 e. The summed E-state index contributed by atoms with van der Waals surface area (Å²) in [6.45, 7) is 3.85. The van der Waals surface area contributed by atoms with Gasteiger partial charge in [0.2, 0.25) is 0 Å². The minimum Gasteiger partial charge on any atom is -0.207 e. The SMILES string of the molecule is Cc1ccc(C(Cl)c2c(F)cccc2F)c(C)c1. The summed E-state index contributed by atoms with van der Waals surface area (Å²) in [4.78, 5) is 0. The zero-order valence-electron chi connectivity index (χ0n) is 10.2. The summed E-state index contributed by atoms with van der Waals surface area (Å²) in [5.41, 5.74) is 2.66. The van der Waals surface area contributed by atoms with E-state index in [1.807, 2.05) is 32.0 Å². The Morgan fingerprint density at radius 1 is 1.00 bits per heavy atom. The molecule has 2 aromatic rings. The van der Waals surface area contributed by atoms with Gasteiger partial charge in [0.1, 0.15) is 11.6 Å². The van der Waals surface area contributed by atoms with Crippen LogP contribution in [-0.2, 0) is 0 Å². The molecule has 2 rings (SSSR count). The molecule has 0 amide bonds. The second kappa shape index (κ2) is 5.07. The molecule has 0 saturated carbocycles. The summed E-state index contributed by atoms with van der Waals surface area (Å²) in [5, 5.41) is -0.813. The molecule has 2 aromatic carbocycles. The largest absolute Gasteiger partial charge is 0.207 e. The maximum absolute atomic E-state index is 13.7. The molecular formula is C15H13ClF2. The van der Waals surface area contributed by atoms with Crippen molar-refractivity contribution in [3.05, 3.63) is 70.3 Å². The highest BCUT2D eigenvalue weighted by Gasteiger charge is 2.20. The van der Waals surface area contributed by atoms with E-state index in [1.165, 1.54) is 18.2 Å². The minimum atomic E-state index is -0.813. The number of aryl methyl sites for hydroxylation is 2. The molecule has 0 nitrogen and oxygen atoms in total. The summed E-state index contributed by atoms with van der Waals surface area (Å²) in [6.07, 6.45) is 0. The standard InChI is InChI=1S/C15H13ClF2/c1-9-6-7-11(10(2)8-9)15(16)14-12(17)4-3-5-13(14)18/h3-8,15H,1-2H3. The number of alkyl halides is 1. The summed E-state index contributed by atoms with van der Waals surface area (Å²) >= 11 is 6.22. The minimum absolute atomic E-state index is 0.0916. The van der Waals surface area contributed by atoms with Crippen molar-refractivity contribution in [2.75, 3.05) is 0 Å². The lowest BCUT2D eigenvalue weighted by Gasteiger charge is -2.15. The topological polar surface area (TPSA) is 0 Å². The number of rotatable bonds is 2. The average molecular weight is 267 g/mol. The van der Waals surface area contributed by atoms with Crippen molar-refractivity contribution in [1.82, 2.24) is 0 Å². The van der Waals surface area contributed by atoms with E-state index in [2.05, 4.69) is 0 Å². The van der Waals surface area contributed by atoms with Crippen LogP contribution < -0.4 is 0 Å². The first-order valence-electron chi connectivity index (χ1n) is 5.66. The molecule has 0 aromatic heterocycles. The first-order chi connectivity index (χ1) is 8.50. The Morgan fingerprint density at radius 3 is 2.17 bits per heavy atom. The molecule has 0 aliphatic rings. The van der Waals surface area contributed by atoms with Crippen molar-refractivity contribution in [2.45, 2.75) is 19.2 Å². The quantitative estimate of drug-likeness (QED) is 0.678. The van der Waals surface area contributed by atoms with Gasteiger partial charge >= 0.3 is 0 Å². The van der Waals surface area contributed by atoms with Crippen molar-refractivity contribution in [3.63, 3.8) is 0 Å². The van der Waals surface area contributed by atoms with E-state index in [9.17, 15) is 8.78 Å². The fourth-order valence-corrected chi connectivity index (χ4v) is 2.47. The first-order valence-corrected chi connectivity index (χ1v) is 6.09. The summed E-state index contributed by atoms with van der Waals surface area (Å²) in [7, 11) is 0. The number of hydrogen-bond donors (Lipinski definition) is 0. The Kier molecular flexibility index (Phi) is 3.67. The molecule has 1 atom stereocenters. The Hall–Kier alpha value is -1.41. The molecule has 0 aliphatic carbocycles. The zero-order chi connectivity index (χ0) is 13.3. The van der Waals surface area contributed by atoms with E-state index in [-0.39, 0.29) is 5.56 Å². The lowest BCUT2D eigenvalue weighted by molar-refractivity contribution is 0.559. The Balaban J connectivity index is 2.51. The van der Waals surface area contributed by atoms with Gasteiger partial charge in [-0.25, -0.2) is 8.78 Å². The van der Waals surface area contributed by atoms with E-state index in [0.29, 0.717) is 0 Å². The molecule has 94 valence electrons. The van der Waals surface area contributed by atoms with E-state index >= 15 is 0 Å². The lowest BCUT2D eigenvalue weighted by Crippen LogP contribution is -2.02. The maximum Gasteiger partial charge on any atom is 0.131 e. The van der Waals surface area contributed by atoms with Crippen LogP contribution in [0.5, 0.6) is 0 Å². The van der Waals surface area contributed by atoms with Crippen molar-refractivity contribution in [2.24, 2.45) is 0 Å². The van der Waals surface area contributed by atoms with Gasteiger partial charge in [-0.1, -0.05) is 29.8 Å². The molecule has 0 heterocycles. The highest BCUT2D eigenvalue weighted by Crippen LogP contribution is 2.34. The Labute approximate surface area is 110 Å². The molecule has 0 radical (unpaired) electrons. The summed E-state index contributed by atoms with van der Waals surface area (Å²) in [5.74, 6) is -1.23. The predicted octanol–water partition coefficient (Wildman–Crippen LogP) is 4.91. The van der Waals surface area contributed by atoms with Crippen LogP contribution in [0.15, 0.2) is 36.4 Å². The van der Waals surface area contributed by atoms with E-state index < -0.39 is 17.0 Å². The second-order valence-electron chi connectivity index (χ2n) is 4.36. The first kappa shape index (κ1) is 13.0. The molecule has 3 heteroatoms. The third-order valence-electron chi connectivity index (χ3n) is 2.95. The van der Waals surface area contributed by atoms with Crippen molar-refractivity contribution in [3.8, 4) is 0 Å². The lowest BCUT2D eigenvalue weighted by atomic mass is 9.98. The summed E-state index contributed by atoms with van der Waals surface area (Å²) < 4.78 is 27.3. The second-order valence-corrected chi connectivity index (χ2v) is 4.79. The molecule has 1 unspecified atom stereocenters. The number of halogens is 3. The predicted molar refractivity (Wildman–Crippen MR) is 70.0 cm³/mol. The van der Waals surface area contributed by atoms with E-state index in [1.54, 1.807) is 0 Å². The van der Waals surface area contributed by atoms with Crippen molar-refractivity contribution < 1.29 is 8.78 Å². The van der Waals surface area contributed by atoms with Crippen LogP contribution in [0.2, 0.25) is 0 Å². The van der Waals surface area contributed by atoms with E-state index in [0.717, 1.165) is 16.7 Å². The van der Waals surface area contributed by atoms with Crippen LogP contribution >= 0.6 is 11.6 Å². The zero-order valence-corrected chi connectivity index (χ0v) is 10.9. The van der Waals surface area contributed by atoms with Crippen LogP contribution in [0, 0.1) is 25.5 Å². The van der Waals surface area contributed by atoms with Gasteiger partial charge in [0, 0.05) is 5.56 Å². The molecule has 0 bridgehead atoms. The van der Waals surface area contributed by atoms with Gasteiger partial charge in [0.05, 0.1) is 5.38 Å². The Bertz CT molecular complexity index is 558. The van der Waals surface area contributed by atoms with Gasteiger partial charge in [-0.2, -0.15) is 0 Å².